The summed E-state index contributed by atoms with van der Waals surface area (Å²) in [5.41, 5.74) is 0. The SMILES string of the molecule is O=C1N=CN=C2C1N=CN2CCN(CCN(CCP(=O)(O)O)CCP(=O)(O)O)CCP(=O)(O)O. The maximum atomic E-state index is 11.8. The van der Waals surface area contributed by atoms with Crippen molar-refractivity contribution in [2.45, 2.75) is 6.04 Å². The highest BCUT2D eigenvalue weighted by molar-refractivity contribution is 7.52. The van der Waals surface area contributed by atoms with Crippen LogP contribution >= 0.6 is 22.8 Å². The van der Waals surface area contributed by atoms with E-state index < -0.39 is 53.2 Å². The summed E-state index contributed by atoms with van der Waals surface area (Å²) in [5, 5.41) is 0. The molecule has 2 rings (SSSR count). The first-order valence-electron chi connectivity index (χ1n) is 10.2. The molecule has 0 saturated carbocycles. The molecule has 1 atom stereocenters. The van der Waals surface area contributed by atoms with Gasteiger partial charge in [0.15, 0.2) is 6.04 Å². The maximum Gasteiger partial charge on any atom is 0.326 e. The number of amidine groups is 1. The molecule has 19 heteroatoms. The van der Waals surface area contributed by atoms with E-state index in [0.717, 1.165) is 6.34 Å². The Morgan fingerprint density at radius 2 is 1.26 bits per heavy atom. The van der Waals surface area contributed by atoms with Gasteiger partial charge in [-0.1, -0.05) is 0 Å². The van der Waals surface area contributed by atoms with Crippen LogP contribution in [0.25, 0.3) is 0 Å². The standard InChI is InChI=1S/C15H29N6O10P3/c22-15-13-14(16-11-17-15)21(12-18-13)4-3-19(5-8-32(23,24)25)1-2-20(6-9-33(26,27)28)7-10-34(29,30)31/h11-13H,1-10H2,(H2,23,24,25)(H2,26,27,28)(H2,29,30,31). The summed E-state index contributed by atoms with van der Waals surface area (Å²) in [6.07, 6.45) is 1.13. The van der Waals surface area contributed by atoms with Crippen LogP contribution in [0.5, 0.6) is 0 Å². The molecule has 0 saturated heterocycles. The van der Waals surface area contributed by atoms with Crippen LogP contribution in [0.15, 0.2) is 15.0 Å². The van der Waals surface area contributed by atoms with Crippen LogP contribution in [0.4, 0.5) is 0 Å². The first-order valence-corrected chi connectivity index (χ1v) is 15.5. The van der Waals surface area contributed by atoms with Gasteiger partial charge in [-0.2, -0.15) is 4.99 Å². The van der Waals surface area contributed by atoms with Gasteiger partial charge in [0.05, 0.1) is 24.8 Å². The summed E-state index contributed by atoms with van der Waals surface area (Å²) < 4.78 is 33.8. The number of nitrogens with zero attached hydrogens (tertiary/aromatic N) is 6. The van der Waals surface area contributed by atoms with Crippen LogP contribution in [0.2, 0.25) is 0 Å². The highest BCUT2D eigenvalue weighted by atomic mass is 31.2. The Hall–Kier alpha value is -1.15. The third-order valence-corrected chi connectivity index (χ3v) is 7.36. The topological polar surface area (TPSA) is 236 Å². The van der Waals surface area contributed by atoms with Crippen molar-refractivity contribution in [2.24, 2.45) is 15.0 Å². The molecular weight excluding hydrogens is 517 g/mol. The van der Waals surface area contributed by atoms with E-state index >= 15 is 0 Å². The molecule has 34 heavy (non-hydrogen) atoms. The number of hydrogen-bond acceptors (Lipinski definition) is 9. The van der Waals surface area contributed by atoms with Gasteiger partial charge in [0, 0.05) is 45.8 Å². The molecule has 0 radical (unpaired) electrons. The first kappa shape index (κ1) is 29.1. The Balaban J connectivity index is 2.00. The number of amides is 1. The summed E-state index contributed by atoms with van der Waals surface area (Å²) in [7, 11) is -13.0. The number of aliphatic imine (C=N–C) groups is 3. The lowest BCUT2D eigenvalue weighted by atomic mass is 10.2. The van der Waals surface area contributed by atoms with Gasteiger partial charge in [0.1, 0.15) is 12.2 Å². The number of hydrogen-bond donors (Lipinski definition) is 6. The summed E-state index contributed by atoms with van der Waals surface area (Å²) >= 11 is 0. The second-order valence-electron chi connectivity index (χ2n) is 7.78. The van der Waals surface area contributed by atoms with E-state index in [9.17, 15) is 28.3 Å². The average Bonchev–Trinajstić information content (AvgIpc) is 3.11. The predicted molar refractivity (Wildman–Crippen MR) is 124 cm³/mol. The highest BCUT2D eigenvalue weighted by Crippen LogP contribution is 2.36. The number of rotatable bonds is 15. The van der Waals surface area contributed by atoms with Crippen molar-refractivity contribution in [3.63, 3.8) is 0 Å². The molecule has 0 aliphatic carbocycles. The smallest absolute Gasteiger partial charge is 0.324 e. The molecule has 194 valence electrons. The fraction of sp³-hybridized carbons (Fsp3) is 0.733. The zero-order valence-electron chi connectivity index (χ0n) is 18.1. The van der Waals surface area contributed by atoms with Gasteiger partial charge in [-0.3, -0.25) is 28.4 Å². The molecule has 0 fully saturated rings. The van der Waals surface area contributed by atoms with Crippen molar-refractivity contribution < 1.29 is 47.9 Å². The Labute approximate surface area is 195 Å². The molecule has 1 unspecified atom stereocenters. The number of carbonyl (C=O) groups is 1. The minimum Gasteiger partial charge on any atom is -0.324 e. The second-order valence-corrected chi connectivity index (χ2v) is 13.1. The Kier molecular flexibility index (Phi) is 10.4. The van der Waals surface area contributed by atoms with E-state index in [4.69, 9.17) is 19.6 Å². The third-order valence-electron chi connectivity index (χ3n) is 5.01. The average molecular weight is 546 g/mol. The minimum absolute atomic E-state index is 0.00359. The number of fused-ring (bicyclic) bond motifs is 1. The van der Waals surface area contributed by atoms with Crippen LogP contribution in [0, 0.1) is 0 Å². The van der Waals surface area contributed by atoms with Crippen molar-refractivity contribution in [3.05, 3.63) is 0 Å². The van der Waals surface area contributed by atoms with Crippen LogP contribution in [0.1, 0.15) is 0 Å². The van der Waals surface area contributed by atoms with Gasteiger partial charge in [-0.05, 0) is 0 Å². The van der Waals surface area contributed by atoms with Gasteiger partial charge in [0.25, 0.3) is 5.91 Å². The lowest BCUT2D eigenvalue weighted by Gasteiger charge is -2.29. The molecule has 2 aliphatic heterocycles. The molecule has 2 aliphatic rings. The molecule has 1 amide bonds. The summed E-state index contributed by atoms with van der Waals surface area (Å²) in [6, 6.07) is -0.815. The van der Waals surface area contributed by atoms with Crippen LogP contribution in [0.3, 0.4) is 0 Å². The Morgan fingerprint density at radius 3 is 1.74 bits per heavy atom. The molecule has 0 bridgehead atoms. The molecule has 0 aromatic heterocycles. The summed E-state index contributed by atoms with van der Waals surface area (Å²) in [5.74, 6) is -0.0623. The summed E-state index contributed by atoms with van der Waals surface area (Å²) in [4.78, 5) is 83.3. The lowest BCUT2D eigenvalue weighted by molar-refractivity contribution is -0.117. The van der Waals surface area contributed by atoms with Gasteiger partial charge in [0.2, 0.25) is 0 Å². The zero-order valence-corrected chi connectivity index (χ0v) is 20.8. The lowest BCUT2D eigenvalue weighted by Crippen LogP contribution is -2.44. The van der Waals surface area contributed by atoms with Gasteiger partial charge < -0.3 is 39.2 Å². The molecule has 2 heterocycles. The van der Waals surface area contributed by atoms with Crippen LogP contribution in [-0.2, 0) is 18.5 Å². The maximum absolute atomic E-state index is 11.8. The minimum atomic E-state index is -4.34. The highest BCUT2D eigenvalue weighted by Gasteiger charge is 2.33. The van der Waals surface area contributed by atoms with Crippen molar-refractivity contribution in [3.8, 4) is 0 Å². The van der Waals surface area contributed by atoms with E-state index in [1.54, 1.807) is 9.80 Å². The molecule has 0 aromatic carbocycles. The van der Waals surface area contributed by atoms with Crippen molar-refractivity contribution >= 4 is 47.2 Å². The summed E-state index contributed by atoms with van der Waals surface area (Å²) in [6.45, 7) is 0.661. The molecule has 6 N–H and O–H groups in total. The fourth-order valence-corrected chi connectivity index (χ4v) is 4.78. The van der Waals surface area contributed by atoms with Crippen LogP contribution in [-0.4, -0.2) is 139 Å². The van der Waals surface area contributed by atoms with E-state index in [2.05, 4.69) is 15.0 Å². The molecular formula is C15H29N6O10P3. The van der Waals surface area contributed by atoms with E-state index in [1.807, 2.05) is 0 Å². The quantitative estimate of drug-likeness (QED) is 0.120. The van der Waals surface area contributed by atoms with E-state index in [0.29, 0.717) is 5.84 Å². The molecule has 0 aromatic rings. The fourth-order valence-electron chi connectivity index (χ4n) is 3.15. The Morgan fingerprint density at radius 1 is 0.794 bits per heavy atom. The molecule has 0 spiro atoms. The van der Waals surface area contributed by atoms with Gasteiger partial charge >= 0.3 is 22.8 Å². The zero-order chi connectivity index (χ0) is 25.6. The number of carbonyl (C=O) groups excluding carboxylic acids is 1. The Bertz CT molecular complexity index is 931. The van der Waals surface area contributed by atoms with E-state index in [1.165, 1.54) is 11.2 Å². The van der Waals surface area contributed by atoms with Gasteiger partial charge in [-0.25, -0.2) is 4.99 Å². The second kappa shape index (κ2) is 12.2. The third kappa shape index (κ3) is 11.1. The van der Waals surface area contributed by atoms with Crippen LogP contribution < -0.4 is 0 Å². The predicted octanol–water partition coefficient (Wildman–Crippen LogP) is -2.20. The normalized spacial score (nSPS) is 18.8. The largest absolute Gasteiger partial charge is 0.326 e. The van der Waals surface area contributed by atoms with E-state index in [-0.39, 0.29) is 45.8 Å². The first-order chi connectivity index (χ1) is 15.6. The monoisotopic (exact) mass is 546 g/mol. The van der Waals surface area contributed by atoms with Crippen molar-refractivity contribution in [1.29, 1.82) is 0 Å². The van der Waals surface area contributed by atoms with Crippen molar-refractivity contribution in [2.75, 3.05) is 64.3 Å². The van der Waals surface area contributed by atoms with Gasteiger partial charge in [-0.15, -0.1) is 0 Å². The van der Waals surface area contributed by atoms with Crippen molar-refractivity contribution in [1.82, 2.24) is 14.7 Å². The molecule has 16 nitrogen and oxygen atoms in total.